The molecule has 4 heteroatoms. The molecule has 3 nitrogen and oxygen atoms in total. The molecule has 1 unspecified atom stereocenters. The lowest BCUT2D eigenvalue weighted by Crippen LogP contribution is -2.31. The molecule has 0 aliphatic rings. The number of aromatic hydroxyl groups is 1. The average molecular weight is 287 g/mol. The Hall–Kier alpha value is -2.36. The fraction of sp³-hybridized carbons (Fsp3) is 0.235. The lowest BCUT2D eigenvalue weighted by Gasteiger charge is -2.26. The Morgan fingerprint density at radius 3 is 2.43 bits per heavy atom. The van der Waals surface area contributed by atoms with Crippen LogP contribution in [0.25, 0.3) is 0 Å². The summed E-state index contributed by atoms with van der Waals surface area (Å²) in [4.78, 5) is 13.9. The van der Waals surface area contributed by atoms with Crippen LogP contribution in [0.2, 0.25) is 0 Å². The SMILES string of the molecule is CC(c1ccccc1O)N(C)C(=O)Cc1ccc(F)cc1. The number of para-hydroxylation sites is 1. The Labute approximate surface area is 123 Å². The zero-order valence-corrected chi connectivity index (χ0v) is 12.1. The van der Waals surface area contributed by atoms with Crippen molar-refractivity contribution in [1.29, 1.82) is 0 Å². The second-order valence-electron chi connectivity index (χ2n) is 5.04. The van der Waals surface area contributed by atoms with Crippen LogP contribution in [-0.4, -0.2) is 23.0 Å². The van der Waals surface area contributed by atoms with Gasteiger partial charge in [0.05, 0.1) is 12.5 Å². The molecule has 0 aliphatic carbocycles. The molecule has 0 radical (unpaired) electrons. The normalized spacial score (nSPS) is 12.0. The number of rotatable bonds is 4. The van der Waals surface area contributed by atoms with Crippen molar-refractivity contribution < 1.29 is 14.3 Å². The molecule has 0 heterocycles. The van der Waals surface area contributed by atoms with Gasteiger partial charge in [0, 0.05) is 12.6 Å². The number of carbonyl (C=O) groups excluding carboxylic acids is 1. The van der Waals surface area contributed by atoms with E-state index in [0.717, 1.165) is 5.56 Å². The number of benzene rings is 2. The van der Waals surface area contributed by atoms with E-state index in [2.05, 4.69) is 0 Å². The molecule has 2 aromatic carbocycles. The van der Waals surface area contributed by atoms with E-state index in [-0.39, 0.29) is 29.9 Å². The zero-order chi connectivity index (χ0) is 15.4. The largest absolute Gasteiger partial charge is 0.508 e. The van der Waals surface area contributed by atoms with Crippen LogP contribution in [0.15, 0.2) is 48.5 Å². The van der Waals surface area contributed by atoms with Crippen LogP contribution in [0.1, 0.15) is 24.1 Å². The third kappa shape index (κ3) is 3.60. The van der Waals surface area contributed by atoms with Crippen LogP contribution in [0.3, 0.4) is 0 Å². The topological polar surface area (TPSA) is 40.5 Å². The van der Waals surface area contributed by atoms with Gasteiger partial charge >= 0.3 is 0 Å². The summed E-state index contributed by atoms with van der Waals surface area (Å²) < 4.78 is 12.9. The van der Waals surface area contributed by atoms with E-state index < -0.39 is 0 Å². The molecule has 2 rings (SSSR count). The molecule has 21 heavy (non-hydrogen) atoms. The fourth-order valence-electron chi connectivity index (χ4n) is 2.17. The summed E-state index contributed by atoms with van der Waals surface area (Å²) in [5.74, 6) is -0.231. The van der Waals surface area contributed by atoms with Gasteiger partial charge in [0.25, 0.3) is 0 Å². The standard InChI is InChI=1S/C17H18FNO2/c1-12(15-5-3-4-6-16(15)20)19(2)17(21)11-13-7-9-14(18)10-8-13/h3-10,12,20H,11H2,1-2H3. The zero-order valence-electron chi connectivity index (χ0n) is 12.1. The molecule has 1 N–H and O–H groups in total. The predicted octanol–water partition coefficient (Wildman–Crippen LogP) is 3.29. The molecule has 1 amide bonds. The third-order valence-corrected chi connectivity index (χ3v) is 3.63. The predicted molar refractivity (Wildman–Crippen MR) is 79.4 cm³/mol. The van der Waals surface area contributed by atoms with Crippen molar-refractivity contribution in [1.82, 2.24) is 4.90 Å². The van der Waals surface area contributed by atoms with Gasteiger partial charge in [-0.15, -0.1) is 0 Å². The summed E-state index contributed by atoms with van der Waals surface area (Å²) in [7, 11) is 1.70. The van der Waals surface area contributed by atoms with Crippen molar-refractivity contribution in [3.63, 3.8) is 0 Å². The van der Waals surface area contributed by atoms with E-state index in [4.69, 9.17) is 0 Å². The molecule has 0 aliphatic heterocycles. The number of carbonyl (C=O) groups is 1. The van der Waals surface area contributed by atoms with Crippen LogP contribution in [-0.2, 0) is 11.2 Å². The molecule has 1 atom stereocenters. The van der Waals surface area contributed by atoms with Crippen LogP contribution >= 0.6 is 0 Å². The molecule has 0 aromatic heterocycles. The number of phenolic OH excluding ortho intramolecular Hbond substituents is 1. The van der Waals surface area contributed by atoms with Gasteiger partial charge in [-0.3, -0.25) is 4.79 Å². The molecule has 0 saturated carbocycles. The minimum Gasteiger partial charge on any atom is -0.508 e. The van der Waals surface area contributed by atoms with Gasteiger partial charge in [-0.1, -0.05) is 30.3 Å². The molecule has 0 fully saturated rings. The second-order valence-corrected chi connectivity index (χ2v) is 5.04. The van der Waals surface area contributed by atoms with Gasteiger partial charge in [0.2, 0.25) is 5.91 Å². The van der Waals surface area contributed by atoms with Crippen LogP contribution in [0.4, 0.5) is 4.39 Å². The number of phenols is 1. The van der Waals surface area contributed by atoms with E-state index in [0.29, 0.717) is 5.56 Å². The van der Waals surface area contributed by atoms with Crippen molar-refractivity contribution in [2.75, 3.05) is 7.05 Å². The molecule has 0 bridgehead atoms. The Kier molecular flexibility index (Phi) is 4.58. The average Bonchev–Trinajstić information content (AvgIpc) is 2.48. The Balaban J connectivity index is 2.08. The monoisotopic (exact) mass is 287 g/mol. The van der Waals surface area contributed by atoms with Crippen LogP contribution in [0, 0.1) is 5.82 Å². The summed E-state index contributed by atoms with van der Waals surface area (Å²) in [5.41, 5.74) is 1.46. The molecule has 0 saturated heterocycles. The highest BCUT2D eigenvalue weighted by molar-refractivity contribution is 5.79. The Morgan fingerprint density at radius 1 is 1.19 bits per heavy atom. The van der Waals surface area contributed by atoms with Crippen LogP contribution in [0.5, 0.6) is 5.75 Å². The minimum absolute atomic E-state index is 0.0858. The second kappa shape index (κ2) is 6.39. The van der Waals surface area contributed by atoms with Gasteiger partial charge < -0.3 is 10.0 Å². The van der Waals surface area contributed by atoms with Crippen LogP contribution < -0.4 is 0 Å². The highest BCUT2D eigenvalue weighted by Crippen LogP contribution is 2.27. The first-order valence-electron chi connectivity index (χ1n) is 6.77. The summed E-state index contributed by atoms with van der Waals surface area (Å²) in [6, 6.07) is 12.6. The summed E-state index contributed by atoms with van der Waals surface area (Å²) in [5, 5.41) is 9.85. The van der Waals surface area contributed by atoms with Crippen molar-refractivity contribution in [2.45, 2.75) is 19.4 Å². The van der Waals surface area contributed by atoms with E-state index in [1.807, 2.05) is 13.0 Å². The lowest BCUT2D eigenvalue weighted by atomic mass is 10.0. The Morgan fingerprint density at radius 2 is 1.81 bits per heavy atom. The maximum absolute atomic E-state index is 12.9. The van der Waals surface area contributed by atoms with E-state index in [1.165, 1.54) is 12.1 Å². The van der Waals surface area contributed by atoms with E-state index >= 15 is 0 Å². The number of amides is 1. The third-order valence-electron chi connectivity index (χ3n) is 3.63. The molecule has 2 aromatic rings. The van der Waals surface area contributed by atoms with Crippen molar-refractivity contribution in [3.05, 3.63) is 65.5 Å². The molecule has 110 valence electrons. The summed E-state index contributed by atoms with van der Waals surface area (Å²) >= 11 is 0. The minimum atomic E-state index is -0.317. The Bertz CT molecular complexity index is 625. The number of halogens is 1. The number of hydrogen-bond acceptors (Lipinski definition) is 2. The fourth-order valence-corrected chi connectivity index (χ4v) is 2.17. The van der Waals surface area contributed by atoms with Gasteiger partial charge in [0.15, 0.2) is 0 Å². The van der Waals surface area contributed by atoms with Gasteiger partial charge in [-0.05, 0) is 30.7 Å². The first-order valence-corrected chi connectivity index (χ1v) is 6.77. The maximum atomic E-state index is 12.9. The van der Waals surface area contributed by atoms with Gasteiger partial charge in [-0.25, -0.2) is 4.39 Å². The van der Waals surface area contributed by atoms with E-state index in [1.54, 1.807) is 42.3 Å². The highest BCUT2D eigenvalue weighted by atomic mass is 19.1. The first-order chi connectivity index (χ1) is 9.99. The van der Waals surface area contributed by atoms with Crippen molar-refractivity contribution in [3.8, 4) is 5.75 Å². The summed E-state index contributed by atoms with van der Waals surface area (Å²) in [6.45, 7) is 1.86. The number of nitrogens with zero attached hydrogens (tertiary/aromatic N) is 1. The van der Waals surface area contributed by atoms with Crippen molar-refractivity contribution in [2.24, 2.45) is 0 Å². The smallest absolute Gasteiger partial charge is 0.227 e. The maximum Gasteiger partial charge on any atom is 0.227 e. The molecule has 0 spiro atoms. The highest BCUT2D eigenvalue weighted by Gasteiger charge is 2.19. The number of hydrogen-bond donors (Lipinski definition) is 1. The first kappa shape index (κ1) is 15.0. The number of likely N-dealkylation sites (N-methyl/N-ethyl adjacent to an activating group) is 1. The molecular weight excluding hydrogens is 269 g/mol. The van der Waals surface area contributed by atoms with Gasteiger partial charge in [0.1, 0.15) is 11.6 Å². The van der Waals surface area contributed by atoms with Gasteiger partial charge in [-0.2, -0.15) is 0 Å². The van der Waals surface area contributed by atoms with E-state index in [9.17, 15) is 14.3 Å². The lowest BCUT2D eigenvalue weighted by molar-refractivity contribution is -0.131. The summed E-state index contributed by atoms with van der Waals surface area (Å²) in [6.07, 6.45) is 0.203. The molecular formula is C17H18FNO2. The van der Waals surface area contributed by atoms with Crippen molar-refractivity contribution >= 4 is 5.91 Å². The quantitative estimate of drug-likeness (QED) is 0.937.